The molecule has 4 rings (SSSR count). The van der Waals surface area contributed by atoms with Crippen molar-refractivity contribution in [2.45, 2.75) is 137 Å². The molecule has 4 aliphatic carbocycles. The summed E-state index contributed by atoms with van der Waals surface area (Å²) in [6.45, 7) is 16.2. The lowest BCUT2D eigenvalue weighted by Gasteiger charge is -2.63. The number of rotatable bonds is 9. The van der Waals surface area contributed by atoms with Crippen molar-refractivity contribution in [2.24, 2.45) is 52.3 Å². The van der Waals surface area contributed by atoms with Gasteiger partial charge in [-0.25, -0.2) is 0 Å². The number of nitrogens with one attached hydrogen (secondary N) is 1. The van der Waals surface area contributed by atoms with Crippen molar-refractivity contribution in [1.29, 1.82) is 0 Å². The number of aliphatic hydroxyl groups excluding tert-OH is 1. The zero-order valence-corrected chi connectivity index (χ0v) is 23.0. The van der Waals surface area contributed by atoms with Gasteiger partial charge in [-0.2, -0.15) is 0 Å². The minimum Gasteiger partial charge on any atom is -0.393 e. The quantitative estimate of drug-likeness (QED) is 0.344. The molecule has 2 N–H and O–H groups in total. The van der Waals surface area contributed by atoms with Gasteiger partial charge in [-0.3, -0.25) is 0 Å². The Kier molecular flexibility index (Phi) is 8.27. The lowest BCUT2D eigenvalue weighted by molar-refractivity contribution is -0.142. The summed E-state index contributed by atoms with van der Waals surface area (Å²) in [4.78, 5) is 0. The fourth-order valence-corrected chi connectivity index (χ4v) is 9.95. The van der Waals surface area contributed by atoms with Crippen molar-refractivity contribution in [3.63, 3.8) is 0 Å². The summed E-state index contributed by atoms with van der Waals surface area (Å²) in [7, 11) is 0. The maximum Gasteiger partial charge on any atom is 0.0543 e. The molecule has 10 atom stereocenters. The fourth-order valence-electron chi connectivity index (χ4n) is 9.95. The molecule has 192 valence electrons. The predicted molar refractivity (Wildman–Crippen MR) is 141 cm³/mol. The molecule has 0 aromatic heterocycles. The van der Waals surface area contributed by atoms with Gasteiger partial charge in [0, 0.05) is 6.04 Å². The normalized spacial score (nSPS) is 46.0. The van der Waals surface area contributed by atoms with Crippen LogP contribution >= 0.6 is 0 Å². The van der Waals surface area contributed by atoms with E-state index in [1.54, 1.807) is 0 Å². The topological polar surface area (TPSA) is 32.3 Å². The van der Waals surface area contributed by atoms with E-state index in [2.05, 4.69) is 46.9 Å². The molecule has 0 heterocycles. The third-order valence-electron chi connectivity index (χ3n) is 11.8. The van der Waals surface area contributed by atoms with E-state index < -0.39 is 0 Å². The largest absolute Gasteiger partial charge is 0.393 e. The highest BCUT2D eigenvalue weighted by Gasteiger charge is 2.62. The van der Waals surface area contributed by atoms with E-state index in [-0.39, 0.29) is 6.10 Å². The Hall–Kier alpha value is -0.0800. The van der Waals surface area contributed by atoms with Gasteiger partial charge in [-0.15, -0.1) is 0 Å². The molecule has 0 spiro atoms. The van der Waals surface area contributed by atoms with Gasteiger partial charge in [0.2, 0.25) is 0 Å². The van der Waals surface area contributed by atoms with Crippen LogP contribution in [0.4, 0.5) is 0 Å². The molecule has 0 radical (unpaired) electrons. The van der Waals surface area contributed by atoms with Gasteiger partial charge in [-0.05, 0) is 117 Å². The second-order valence-electron chi connectivity index (χ2n) is 14.1. The number of hydrogen-bond acceptors (Lipinski definition) is 2. The van der Waals surface area contributed by atoms with Gasteiger partial charge in [0.25, 0.3) is 0 Å². The minimum atomic E-state index is -0.0488. The highest BCUT2D eigenvalue weighted by Crippen LogP contribution is 2.68. The van der Waals surface area contributed by atoms with E-state index in [1.165, 1.54) is 77.2 Å². The van der Waals surface area contributed by atoms with Crippen molar-refractivity contribution < 1.29 is 5.11 Å². The Bertz CT molecular complexity index is 632. The summed E-state index contributed by atoms with van der Waals surface area (Å²) in [5.74, 6) is 6.04. The van der Waals surface area contributed by atoms with E-state index >= 15 is 0 Å². The first-order valence-electron chi connectivity index (χ1n) is 15.1. The Labute approximate surface area is 206 Å². The van der Waals surface area contributed by atoms with Crippen molar-refractivity contribution in [2.75, 3.05) is 6.54 Å². The Morgan fingerprint density at radius 3 is 2.33 bits per heavy atom. The van der Waals surface area contributed by atoms with Gasteiger partial charge in [0.05, 0.1) is 6.10 Å². The van der Waals surface area contributed by atoms with Crippen molar-refractivity contribution in [1.82, 2.24) is 5.32 Å². The van der Waals surface area contributed by atoms with Crippen LogP contribution in [-0.4, -0.2) is 23.8 Å². The summed E-state index contributed by atoms with van der Waals surface area (Å²) in [6.07, 6.45) is 17.3. The standard InChI is InChI=1S/C31H57NO/c1-7-8-18-32-28-20-23-19-24(33)14-16-30(23,5)27-15-17-31(6)25(12-13-26(31)29(27)28)22(4)11-9-10-21(2)3/h21-29,32-33H,7-20H2,1-6H3/t22-,23-,24+,25-,26+,27+,28-,29+,30+,31-/m1/s1. The van der Waals surface area contributed by atoms with Crippen molar-refractivity contribution >= 4 is 0 Å². The first-order chi connectivity index (χ1) is 15.7. The molecule has 2 heteroatoms. The molecule has 2 nitrogen and oxygen atoms in total. The minimum absolute atomic E-state index is 0.0488. The average Bonchev–Trinajstić information content (AvgIpc) is 3.11. The average molecular weight is 460 g/mol. The van der Waals surface area contributed by atoms with Crippen LogP contribution in [0.25, 0.3) is 0 Å². The monoisotopic (exact) mass is 459 g/mol. The summed E-state index contributed by atoms with van der Waals surface area (Å²) in [5.41, 5.74) is 1.02. The zero-order valence-electron chi connectivity index (χ0n) is 23.0. The first-order valence-corrected chi connectivity index (χ1v) is 15.1. The predicted octanol–water partition coefficient (Wildman–Crippen LogP) is 7.84. The lowest BCUT2D eigenvalue weighted by atomic mass is 9.43. The Morgan fingerprint density at radius 1 is 0.879 bits per heavy atom. The van der Waals surface area contributed by atoms with Crippen LogP contribution in [0.2, 0.25) is 0 Å². The Balaban J connectivity index is 1.54. The molecule has 0 bridgehead atoms. The van der Waals surface area contributed by atoms with Crippen LogP contribution in [0.3, 0.4) is 0 Å². The van der Waals surface area contributed by atoms with Crippen LogP contribution in [0, 0.1) is 52.3 Å². The zero-order chi connectivity index (χ0) is 23.8. The molecule has 0 unspecified atom stereocenters. The highest BCUT2D eigenvalue weighted by molar-refractivity contribution is 5.13. The molecule has 0 aliphatic heterocycles. The molecule has 4 aliphatic rings. The number of aliphatic hydroxyl groups is 1. The van der Waals surface area contributed by atoms with E-state index in [4.69, 9.17) is 0 Å². The van der Waals surface area contributed by atoms with Crippen LogP contribution < -0.4 is 5.32 Å². The molecule has 0 aromatic rings. The SMILES string of the molecule is CCCCN[C@@H]1C[C@H]2C[C@@H](O)CC[C@]2(C)[C@H]2CC[C@]3(C)[C@@H]([C@H](C)CCCC(C)C)CC[C@H]3[C@H]12. The second-order valence-corrected chi connectivity index (χ2v) is 14.1. The highest BCUT2D eigenvalue weighted by atomic mass is 16.3. The third-order valence-corrected chi connectivity index (χ3v) is 11.8. The van der Waals surface area contributed by atoms with E-state index in [0.717, 1.165) is 54.3 Å². The molecule has 0 aromatic carbocycles. The molecule has 0 saturated heterocycles. The smallest absolute Gasteiger partial charge is 0.0543 e. The molecule has 33 heavy (non-hydrogen) atoms. The van der Waals surface area contributed by atoms with E-state index in [1.807, 2.05) is 0 Å². The lowest BCUT2D eigenvalue weighted by Crippen LogP contribution is -2.61. The van der Waals surface area contributed by atoms with Crippen LogP contribution in [0.15, 0.2) is 0 Å². The van der Waals surface area contributed by atoms with Crippen LogP contribution in [-0.2, 0) is 0 Å². The summed E-state index contributed by atoms with van der Waals surface area (Å²) in [5, 5.41) is 14.7. The van der Waals surface area contributed by atoms with E-state index in [0.29, 0.717) is 16.9 Å². The molecular formula is C31H57NO. The summed E-state index contributed by atoms with van der Waals surface area (Å²) < 4.78 is 0. The third kappa shape index (κ3) is 4.96. The maximum absolute atomic E-state index is 10.5. The van der Waals surface area contributed by atoms with Crippen LogP contribution in [0.1, 0.15) is 125 Å². The number of fused-ring (bicyclic) bond motifs is 5. The first kappa shape index (κ1) is 26.0. The van der Waals surface area contributed by atoms with Gasteiger partial charge in [0.15, 0.2) is 0 Å². The fraction of sp³-hybridized carbons (Fsp3) is 1.00. The molecule has 4 saturated carbocycles. The molecular weight excluding hydrogens is 402 g/mol. The number of hydrogen-bond donors (Lipinski definition) is 2. The van der Waals surface area contributed by atoms with Crippen molar-refractivity contribution in [3.8, 4) is 0 Å². The van der Waals surface area contributed by atoms with Crippen LogP contribution in [0.5, 0.6) is 0 Å². The van der Waals surface area contributed by atoms with Gasteiger partial charge in [0.1, 0.15) is 0 Å². The van der Waals surface area contributed by atoms with Gasteiger partial charge < -0.3 is 10.4 Å². The number of unbranched alkanes of at least 4 members (excludes halogenated alkanes) is 1. The maximum atomic E-state index is 10.5. The van der Waals surface area contributed by atoms with Gasteiger partial charge in [-0.1, -0.05) is 67.2 Å². The van der Waals surface area contributed by atoms with Crippen molar-refractivity contribution in [3.05, 3.63) is 0 Å². The van der Waals surface area contributed by atoms with Gasteiger partial charge >= 0.3 is 0 Å². The summed E-state index contributed by atoms with van der Waals surface area (Å²) in [6, 6.07) is 0.685. The van der Waals surface area contributed by atoms with E-state index in [9.17, 15) is 5.11 Å². The molecule has 4 fully saturated rings. The second kappa shape index (κ2) is 10.5. The summed E-state index contributed by atoms with van der Waals surface area (Å²) >= 11 is 0. The Morgan fingerprint density at radius 2 is 1.61 bits per heavy atom. The molecule has 0 amide bonds.